The van der Waals surface area contributed by atoms with Crippen LogP contribution in [0.25, 0.3) is 0 Å². The van der Waals surface area contributed by atoms with Crippen LogP contribution in [-0.4, -0.2) is 45.3 Å². The average molecular weight is 423 g/mol. The quantitative estimate of drug-likeness (QED) is 0.572. The molecule has 0 aliphatic carbocycles. The number of rotatable bonds is 7. The van der Waals surface area contributed by atoms with Crippen LogP contribution >= 0.6 is 0 Å². The Hall–Kier alpha value is -0.763. The first-order valence-electron chi connectivity index (χ1n) is 10.7. The lowest BCUT2D eigenvalue weighted by Crippen LogP contribution is -2.45. The molecule has 0 bridgehead atoms. The fourth-order valence-corrected chi connectivity index (χ4v) is 4.68. The van der Waals surface area contributed by atoms with Gasteiger partial charge in [0.2, 0.25) is 0 Å². The topological polar surface area (TPSA) is 46.2 Å². The van der Waals surface area contributed by atoms with Crippen molar-refractivity contribution in [2.45, 2.75) is 96.7 Å². The molecule has 0 amide bonds. The summed E-state index contributed by atoms with van der Waals surface area (Å²) < 4.78 is 31.2. The van der Waals surface area contributed by atoms with Gasteiger partial charge >= 0.3 is 0 Å². The predicted molar refractivity (Wildman–Crippen MR) is 116 cm³/mol. The van der Waals surface area contributed by atoms with Crippen molar-refractivity contribution in [3.63, 3.8) is 0 Å². The molecule has 164 valence electrons. The highest BCUT2D eigenvalue weighted by atomic mass is 28.4. The van der Waals surface area contributed by atoms with Gasteiger partial charge in [0.1, 0.15) is 12.2 Å². The average Bonchev–Trinajstić information content (AvgIpc) is 3.09. The molecule has 29 heavy (non-hydrogen) atoms. The van der Waals surface area contributed by atoms with Gasteiger partial charge in [-0.1, -0.05) is 58.0 Å². The van der Waals surface area contributed by atoms with Crippen LogP contribution in [0.5, 0.6) is 0 Å². The van der Waals surface area contributed by atoms with Gasteiger partial charge in [0.25, 0.3) is 0 Å². The first-order valence-corrected chi connectivity index (χ1v) is 13.6. The monoisotopic (exact) mass is 422 g/mol. The maximum Gasteiger partial charge on any atom is 0.191 e. The Morgan fingerprint density at radius 3 is 2.38 bits per heavy atom. The maximum absolute atomic E-state index is 6.46. The van der Waals surface area contributed by atoms with Crippen molar-refractivity contribution < 1.29 is 23.4 Å². The van der Waals surface area contributed by atoms with Gasteiger partial charge in [-0.3, -0.25) is 0 Å². The summed E-state index contributed by atoms with van der Waals surface area (Å²) in [6.45, 7) is 18.5. The zero-order valence-corrected chi connectivity index (χ0v) is 20.2. The van der Waals surface area contributed by atoms with Crippen LogP contribution in [0.1, 0.15) is 47.1 Å². The Labute approximate surface area is 177 Å². The summed E-state index contributed by atoms with van der Waals surface area (Å²) in [7, 11) is -1.82. The third-order valence-corrected chi connectivity index (χ3v) is 10.9. The van der Waals surface area contributed by atoms with Crippen LogP contribution in [0, 0.1) is 5.92 Å². The standard InChI is InChI=1S/C23H38O5Si/c1-16(14-25-29(7,8)22(2,3)4)18-19(24-15-17-12-10-9-11-13-17)20-21(26-18)28-23(5,6)27-20/h9-13,16,18-21H,14-15H2,1-8H3/t16-,18+,19+,20+,21+/m0/s1. The summed E-state index contributed by atoms with van der Waals surface area (Å²) in [5.74, 6) is -0.485. The molecule has 2 saturated heterocycles. The van der Waals surface area contributed by atoms with E-state index in [0.29, 0.717) is 13.2 Å². The molecule has 2 aliphatic rings. The van der Waals surface area contributed by atoms with Gasteiger partial charge in [-0.15, -0.1) is 0 Å². The van der Waals surface area contributed by atoms with Crippen molar-refractivity contribution in [1.82, 2.24) is 0 Å². The van der Waals surface area contributed by atoms with E-state index in [9.17, 15) is 0 Å². The van der Waals surface area contributed by atoms with E-state index < -0.39 is 20.4 Å². The molecule has 6 heteroatoms. The van der Waals surface area contributed by atoms with Crippen molar-refractivity contribution in [3.05, 3.63) is 35.9 Å². The van der Waals surface area contributed by atoms with Crippen molar-refractivity contribution in [2.75, 3.05) is 6.61 Å². The molecule has 2 fully saturated rings. The summed E-state index contributed by atoms with van der Waals surface area (Å²) in [5, 5.41) is 0.180. The Bertz CT molecular complexity index is 670. The van der Waals surface area contributed by atoms with E-state index in [1.165, 1.54) is 0 Å². The molecule has 0 unspecified atom stereocenters. The number of fused-ring (bicyclic) bond motifs is 1. The number of hydrogen-bond donors (Lipinski definition) is 0. The fraction of sp³-hybridized carbons (Fsp3) is 0.739. The second kappa shape index (κ2) is 8.40. The number of ether oxygens (including phenoxy) is 4. The van der Waals surface area contributed by atoms with E-state index in [1.54, 1.807) is 0 Å². The van der Waals surface area contributed by atoms with E-state index in [2.05, 4.69) is 52.9 Å². The second-order valence-electron chi connectivity index (χ2n) is 10.4. The Balaban J connectivity index is 1.68. The zero-order chi connectivity index (χ0) is 21.4. The minimum atomic E-state index is -1.82. The van der Waals surface area contributed by atoms with Crippen molar-refractivity contribution in [1.29, 1.82) is 0 Å². The van der Waals surface area contributed by atoms with Crippen LogP contribution in [0.2, 0.25) is 18.1 Å². The molecule has 0 radical (unpaired) electrons. The lowest BCUT2D eigenvalue weighted by Gasteiger charge is -2.38. The van der Waals surface area contributed by atoms with Crippen LogP contribution in [0.15, 0.2) is 30.3 Å². The Kier molecular flexibility index (Phi) is 6.64. The molecular formula is C23H38O5Si. The van der Waals surface area contributed by atoms with Gasteiger partial charge < -0.3 is 23.4 Å². The minimum absolute atomic E-state index is 0.130. The maximum atomic E-state index is 6.46. The van der Waals surface area contributed by atoms with Gasteiger partial charge in [0, 0.05) is 12.5 Å². The summed E-state index contributed by atoms with van der Waals surface area (Å²) in [4.78, 5) is 0. The largest absolute Gasteiger partial charge is 0.416 e. The molecule has 3 rings (SSSR count). The zero-order valence-electron chi connectivity index (χ0n) is 19.2. The summed E-state index contributed by atoms with van der Waals surface area (Å²) in [6.07, 6.45) is -0.949. The fourth-order valence-electron chi connectivity index (χ4n) is 3.57. The Morgan fingerprint density at radius 2 is 1.76 bits per heavy atom. The number of hydrogen-bond acceptors (Lipinski definition) is 5. The molecular weight excluding hydrogens is 384 g/mol. The molecule has 0 aromatic heterocycles. The van der Waals surface area contributed by atoms with Crippen LogP contribution in [-0.2, 0) is 30.0 Å². The highest BCUT2D eigenvalue weighted by Crippen LogP contribution is 2.42. The van der Waals surface area contributed by atoms with Crippen LogP contribution < -0.4 is 0 Å². The van der Waals surface area contributed by atoms with E-state index in [1.807, 2.05) is 32.0 Å². The first kappa shape index (κ1) is 22.9. The summed E-state index contributed by atoms with van der Waals surface area (Å²) in [6, 6.07) is 10.2. The normalized spacial score (nSPS) is 30.3. The molecule has 1 aromatic rings. The van der Waals surface area contributed by atoms with E-state index in [4.69, 9.17) is 23.4 Å². The SMILES string of the molecule is C[C@@H](CO[Si](C)(C)C(C)(C)C)[C@H]1O[C@@H]2OC(C)(C)O[C@@H]2[C@@H]1OCc1ccccc1. The molecule has 5 atom stereocenters. The third kappa shape index (κ3) is 5.30. The van der Waals surface area contributed by atoms with Gasteiger partial charge in [0.05, 0.1) is 12.7 Å². The molecule has 0 saturated carbocycles. The Morgan fingerprint density at radius 1 is 1.10 bits per heavy atom. The van der Waals surface area contributed by atoms with Crippen LogP contribution in [0.4, 0.5) is 0 Å². The van der Waals surface area contributed by atoms with E-state index >= 15 is 0 Å². The first-order chi connectivity index (χ1) is 13.4. The molecule has 2 heterocycles. The van der Waals surface area contributed by atoms with Gasteiger partial charge in [-0.25, -0.2) is 0 Å². The van der Waals surface area contributed by atoms with E-state index in [-0.39, 0.29) is 29.3 Å². The number of benzene rings is 1. The summed E-state index contributed by atoms with van der Waals surface area (Å²) >= 11 is 0. The van der Waals surface area contributed by atoms with E-state index in [0.717, 1.165) is 5.56 Å². The third-order valence-electron chi connectivity index (χ3n) is 6.39. The van der Waals surface area contributed by atoms with Crippen molar-refractivity contribution in [2.24, 2.45) is 5.92 Å². The highest BCUT2D eigenvalue weighted by Gasteiger charge is 2.56. The molecule has 5 nitrogen and oxygen atoms in total. The molecule has 1 aromatic carbocycles. The smallest absolute Gasteiger partial charge is 0.191 e. The van der Waals surface area contributed by atoms with Crippen molar-refractivity contribution in [3.8, 4) is 0 Å². The molecule has 2 aliphatic heterocycles. The molecule has 0 spiro atoms. The second-order valence-corrected chi connectivity index (χ2v) is 15.2. The van der Waals surface area contributed by atoms with Gasteiger partial charge in [-0.05, 0) is 37.5 Å². The predicted octanol–water partition coefficient (Wildman–Crippen LogP) is 5.11. The van der Waals surface area contributed by atoms with Crippen LogP contribution in [0.3, 0.4) is 0 Å². The van der Waals surface area contributed by atoms with Gasteiger partial charge in [0.15, 0.2) is 20.4 Å². The lowest BCUT2D eigenvalue weighted by atomic mass is 9.99. The van der Waals surface area contributed by atoms with Crippen molar-refractivity contribution >= 4 is 8.32 Å². The lowest BCUT2D eigenvalue weighted by molar-refractivity contribution is -0.225. The minimum Gasteiger partial charge on any atom is -0.416 e. The van der Waals surface area contributed by atoms with Gasteiger partial charge in [-0.2, -0.15) is 0 Å². The molecule has 0 N–H and O–H groups in total. The summed E-state index contributed by atoms with van der Waals surface area (Å²) in [5.41, 5.74) is 1.14. The highest BCUT2D eigenvalue weighted by molar-refractivity contribution is 6.74.